The van der Waals surface area contributed by atoms with Crippen LogP contribution in [0.4, 0.5) is 0 Å². The average molecular weight is 288 g/mol. The number of likely N-dealkylation sites (tertiary alicyclic amines) is 1. The van der Waals surface area contributed by atoms with E-state index in [4.69, 9.17) is 0 Å². The predicted octanol–water partition coefficient (Wildman–Crippen LogP) is 4.30. The van der Waals surface area contributed by atoms with E-state index >= 15 is 0 Å². The fraction of sp³-hybridized carbons (Fsp3) is 0.684. The van der Waals surface area contributed by atoms with Crippen LogP contribution in [0.3, 0.4) is 0 Å². The van der Waals surface area contributed by atoms with Gasteiger partial charge in [0.2, 0.25) is 0 Å². The van der Waals surface area contributed by atoms with E-state index < -0.39 is 0 Å². The third-order valence-electron chi connectivity index (χ3n) is 4.97. The van der Waals surface area contributed by atoms with E-state index in [1.54, 1.807) is 0 Å². The molecule has 2 rings (SSSR count). The number of nitrogens with zero attached hydrogens (tertiary/aromatic N) is 1. The van der Waals surface area contributed by atoms with E-state index in [1.165, 1.54) is 36.8 Å². The standard InChI is InChI=1S/C19H32N2/c1-5-13-20-19(18-12-7-6-9-15(18)2)14-21-16(3)10-8-11-17(21)4/h6-7,9,12,16-17,19-20H,5,8,10-11,13-14H2,1-4H3/t16-,17+,19?. The lowest BCUT2D eigenvalue weighted by atomic mass is 9.94. The Morgan fingerprint density at radius 3 is 2.48 bits per heavy atom. The molecule has 2 nitrogen and oxygen atoms in total. The van der Waals surface area contributed by atoms with Crippen LogP contribution >= 0.6 is 0 Å². The second kappa shape index (κ2) is 7.95. The highest BCUT2D eigenvalue weighted by Gasteiger charge is 2.27. The lowest BCUT2D eigenvalue weighted by Gasteiger charge is -2.41. The van der Waals surface area contributed by atoms with E-state index in [0.29, 0.717) is 18.1 Å². The highest BCUT2D eigenvalue weighted by atomic mass is 15.2. The first-order valence-corrected chi connectivity index (χ1v) is 8.68. The van der Waals surface area contributed by atoms with E-state index in [1.807, 2.05) is 0 Å². The lowest BCUT2D eigenvalue weighted by molar-refractivity contribution is 0.0907. The summed E-state index contributed by atoms with van der Waals surface area (Å²) in [4.78, 5) is 2.71. The van der Waals surface area contributed by atoms with Crippen molar-refractivity contribution in [1.82, 2.24) is 10.2 Å². The quantitative estimate of drug-likeness (QED) is 0.839. The summed E-state index contributed by atoms with van der Waals surface area (Å²) >= 11 is 0. The van der Waals surface area contributed by atoms with Crippen molar-refractivity contribution in [3.63, 3.8) is 0 Å². The van der Waals surface area contributed by atoms with Crippen LogP contribution in [0.2, 0.25) is 0 Å². The molecular formula is C19H32N2. The molecule has 0 amide bonds. The van der Waals surface area contributed by atoms with Crippen molar-refractivity contribution in [2.45, 2.75) is 71.5 Å². The van der Waals surface area contributed by atoms with E-state index in [2.05, 4.69) is 62.2 Å². The van der Waals surface area contributed by atoms with Gasteiger partial charge in [0.15, 0.2) is 0 Å². The first-order valence-electron chi connectivity index (χ1n) is 8.68. The van der Waals surface area contributed by atoms with Gasteiger partial charge >= 0.3 is 0 Å². The van der Waals surface area contributed by atoms with Crippen LogP contribution in [0, 0.1) is 6.92 Å². The maximum atomic E-state index is 3.77. The van der Waals surface area contributed by atoms with Crippen molar-refractivity contribution < 1.29 is 0 Å². The molecule has 1 aromatic rings. The minimum Gasteiger partial charge on any atom is -0.309 e. The molecule has 0 aliphatic carbocycles. The van der Waals surface area contributed by atoms with Crippen LogP contribution in [0.5, 0.6) is 0 Å². The molecule has 0 radical (unpaired) electrons. The van der Waals surface area contributed by atoms with Gasteiger partial charge in [0.1, 0.15) is 0 Å². The summed E-state index contributed by atoms with van der Waals surface area (Å²) in [6, 6.07) is 10.7. The number of aryl methyl sites for hydroxylation is 1. The molecule has 118 valence electrons. The fourth-order valence-corrected chi connectivity index (χ4v) is 3.61. The van der Waals surface area contributed by atoms with Crippen LogP contribution in [-0.4, -0.2) is 30.1 Å². The number of benzene rings is 1. The van der Waals surface area contributed by atoms with Crippen LogP contribution in [0.1, 0.15) is 63.6 Å². The average Bonchev–Trinajstić information content (AvgIpc) is 2.47. The Labute approximate surface area is 130 Å². The first kappa shape index (κ1) is 16.5. The predicted molar refractivity (Wildman–Crippen MR) is 91.7 cm³/mol. The zero-order chi connectivity index (χ0) is 15.2. The number of rotatable bonds is 6. The zero-order valence-corrected chi connectivity index (χ0v) is 14.2. The number of hydrogen-bond acceptors (Lipinski definition) is 2. The van der Waals surface area contributed by atoms with Gasteiger partial charge < -0.3 is 5.32 Å². The molecule has 0 saturated carbocycles. The third-order valence-corrected chi connectivity index (χ3v) is 4.97. The van der Waals surface area contributed by atoms with E-state index in [-0.39, 0.29) is 0 Å². The van der Waals surface area contributed by atoms with Gasteiger partial charge in [-0.15, -0.1) is 0 Å². The first-order chi connectivity index (χ1) is 10.1. The van der Waals surface area contributed by atoms with Crippen LogP contribution in [0.25, 0.3) is 0 Å². The van der Waals surface area contributed by atoms with Crippen LogP contribution in [0.15, 0.2) is 24.3 Å². The van der Waals surface area contributed by atoms with E-state index in [9.17, 15) is 0 Å². The molecule has 3 atom stereocenters. The summed E-state index contributed by atoms with van der Waals surface area (Å²) in [7, 11) is 0. The molecule has 1 N–H and O–H groups in total. The highest BCUT2D eigenvalue weighted by molar-refractivity contribution is 5.29. The van der Waals surface area contributed by atoms with Gasteiger partial charge in [-0.3, -0.25) is 4.90 Å². The normalized spacial score (nSPS) is 25.0. The maximum absolute atomic E-state index is 3.77. The third kappa shape index (κ3) is 4.31. The number of hydrogen-bond donors (Lipinski definition) is 1. The summed E-state index contributed by atoms with van der Waals surface area (Å²) < 4.78 is 0. The van der Waals surface area contributed by atoms with Gasteiger partial charge in [0.25, 0.3) is 0 Å². The Morgan fingerprint density at radius 1 is 1.19 bits per heavy atom. The SMILES string of the molecule is CCCNC(CN1[C@H](C)CCC[C@@H]1C)c1ccccc1C. The topological polar surface area (TPSA) is 15.3 Å². The summed E-state index contributed by atoms with van der Waals surface area (Å²) in [6.07, 6.45) is 5.26. The molecule has 1 aromatic carbocycles. The Hall–Kier alpha value is -0.860. The van der Waals surface area contributed by atoms with Gasteiger partial charge in [0, 0.05) is 24.7 Å². The summed E-state index contributed by atoms with van der Waals surface area (Å²) in [6.45, 7) is 11.5. The van der Waals surface area contributed by atoms with Crippen molar-refractivity contribution in [2.75, 3.05) is 13.1 Å². The molecule has 1 fully saturated rings. The lowest BCUT2D eigenvalue weighted by Crippen LogP contribution is -2.47. The van der Waals surface area contributed by atoms with Crippen molar-refractivity contribution in [1.29, 1.82) is 0 Å². The molecule has 0 bridgehead atoms. The zero-order valence-electron chi connectivity index (χ0n) is 14.2. The molecule has 1 aliphatic rings. The second-order valence-electron chi connectivity index (χ2n) is 6.69. The summed E-state index contributed by atoms with van der Waals surface area (Å²) in [5.41, 5.74) is 2.87. The Balaban J connectivity index is 2.14. The Morgan fingerprint density at radius 2 is 1.86 bits per heavy atom. The highest BCUT2D eigenvalue weighted by Crippen LogP contribution is 2.26. The van der Waals surface area contributed by atoms with E-state index in [0.717, 1.165) is 13.1 Å². The Kier molecular flexibility index (Phi) is 6.25. The Bertz CT molecular complexity index is 419. The molecule has 1 unspecified atom stereocenters. The van der Waals surface area contributed by atoms with Crippen molar-refractivity contribution in [3.8, 4) is 0 Å². The minimum atomic E-state index is 0.453. The second-order valence-corrected chi connectivity index (χ2v) is 6.69. The molecule has 1 heterocycles. The molecule has 21 heavy (non-hydrogen) atoms. The molecule has 0 aromatic heterocycles. The monoisotopic (exact) mass is 288 g/mol. The van der Waals surface area contributed by atoms with Gasteiger partial charge in [-0.25, -0.2) is 0 Å². The molecule has 0 spiro atoms. The van der Waals surface area contributed by atoms with Crippen LogP contribution in [-0.2, 0) is 0 Å². The fourth-order valence-electron chi connectivity index (χ4n) is 3.61. The van der Waals surface area contributed by atoms with Crippen molar-refractivity contribution >= 4 is 0 Å². The summed E-state index contributed by atoms with van der Waals surface area (Å²) in [5, 5.41) is 3.77. The number of nitrogens with one attached hydrogen (secondary N) is 1. The smallest absolute Gasteiger partial charge is 0.0452 e. The minimum absolute atomic E-state index is 0.453. The van der Waals surface area contributed by atoms with Crippen molar-refractivity contribution in [2.24, 2.45) is 0 Å². The molecular weight excluding hydrogens is 256 g/mol. The maximum Gasteiger partial charge on any atom is 0.0452 e. The largest absolute Gasteiger partial charge is 0.309 e. The van der Waals surface area contributed by atoms with Crippen molar-refractivity contribution in [3.05, 3.63) is 35.4 Å². The molecule has 1 aliphatic heterocycles. The van der Waals surface area contributed by atoms with Gasteiger partial charge in [-0.05, 0) is 57.7 Å². The van der Waals surface area contributed by atoms with Crippen LogP contribution < -0.4 is 5.32 Å². The van der Waals surface area contributed by atoms with Gasteiger partial charge in [0.05, 0.1) is 0 Å². The van der Waals surface area contributed by atoms with Gasteiger partial charge in [-0.2, -0.15) is 0 Å². The molecule has 2 heteroatoms. The number of piperidine rings is 1. The summed E-state index contributed by atoms with van der Waals surface area (Å²) in [5.74, 6) is 0. The van der Waals surface area contributed by atoms with Gasteiger partial charge in [-0.1, -0.05) is 37.6 Å². The molecule has 1 saturated heterocycles.